The van der Waals surface area contributed by atoms with Crippen LogP contribution in [0.4, 0.5) is 0 Å². The SMILES string of the molecule is c1ccc(C(NCCc2ccsc2)c2ccncc2)cc1. The first-order valence-corrected chi connectivity index (χ1v) is 8.07. The molecule has 0 aliphatic carbocycles. The predicted molar refractivity (Wildman–Crippen MR) is 88.5 cm³/mol. The van der Waals surface area contributed by atoms with Crippen LogP contribution in [0.2, 0.25) is 0 Å². The van der Waals surface area contributed by atoms with Crippen LogP contribution < -0.4 is 5.32 Å². The molecule has 106 valence electrons. The molecule has 0 aliphatic heterocycles. The van der Waals surface area contributed by atoms with E-state index in [4.69, 9.17) is 0 Å². The van der Waals surface area contributed by atoms with E-state index >= 15 is 0 Å². The highest BCUT2D eigenvalue weighted by molar-refractivity contribution is 7.07. The first-order valence-electron chi connectivity index (χ1n) is 7.13. The molecule has 2 heterocycles. The summed E-state index contributed by atoms with van der Waals surface area (Å²) >= 11 is 1.76. The number of rotatable bonds is 6. The summed E-state index contributed by atoms with van der Waals surface area (Å²) in [7, 11) is 0. The van der Waals surface area contributed by atoms with Crippen molar-refractivity contribution in [3.63, 3.8) is 0 Å². The minimum atomic E-state index is 0.216. The second kappa shape index (κ2) is 7.16. The van der Waals surface area contributed by atoms with Gasteiger partial charge in [0.25, 0.3) is 0 Å². The van der Waals surface area contributed by atoms with E-state index in [1.54, 1.807) is 11.3 Å². The van der Waals surface area contributed by atoms with Crippen LogP contribution in [0.5, 0.6) is 0 Å². The smallest absolute Gasteiger partial charge is 0.0577 e. The number of nitrogens with one attached hydrogen (secondary N) is 1. The Morgan fingerprint density at radius 1 is 0.952 bits per heavy atom. The average Bonchev–Trinajstić information content (AvgIpc) is 3.07. The summed E-state index contributed by atoms with van der Waals surface area (Å²) in [6, 6.07) is 17.1. The van der Waals surface area contributed by atoms with E-state index in [1.807, 2.05) is 12.4 Å². The molecule has 0 radical (unpaired) electrons. The minimum Gasteiger partial charge on any atom is -0.306 e. The lowest BCUT2D eigenvalue weighted by Gasteiger charge is -2.19. The van der Waals surface area contributed by atoms with Gasteiger partial charge in [-0.3, -0.25) is 4.98 Å². The molecule has 2 nitrogen and oxygen atoms in total. The number of benzene rings is 1. The molecule has 0 fully saturated rings. The number of hydrogen-bond acceptors (Lipinski definition) is 3. The number of pyridine rings is 1. The third-order valence-electron chi connectivity index (χ3n) is 3.51. The molecule has 0 saturated heterocycles. The second-order valence-corrected chi connectivity index (χ2v) is 5.74. The first kappa shape index (κ1) is 14.0. The molecule has 0 spiro atoms. The van der Waals surface area contributed by atoms with Crippen LogP contribution in [0.15, 0.2) is 71.7 Å². The molecule has 1 atom stereocenters. The summed E-state index contributed by atoms with van der Waals surface area (Å²) in [5.74, 6) is 0. The molecule has 1 N–H and O–H groups in total. The molecule has 3 aromatic rings. The third kappa shape index (κ3) is 3.78. The monoisotopic (exact) mass is 294 g/mol. The van der Waals surface area contributed by atoms with Crippen molar-refractivity contribution in [2.75, 3.05) is 6.54 Å². The number of thiophene rings is 1. The van der Waals surface area contributed by atoms with Crippen molar-refractivity contribution in [3.8, 4) is 0 Å². The van der Waals surface area contributed by atoms with Gasteiger partial charge in [0.15, 0.2) is 0 Å². The van der Waals surface area contributed by atoms with Crippen molar-refractivity contribution in [1.82, 2.24) is 10.3 Å². The lowest BCUT2D eigenvalue weighted by atomic mass is 9.99. The van der Waals surface area contributed by atoms with Crippen molar-refractivity contribution >= 4 is 11.3 Å². The largest absolute Gasteiger partial charge is 0.306 e. The van der Waals surface area contributed by atoms with E-state index in [9.17, 15) is 0 Å². The molecule has 3 heteroatoms. The van der Waals surface area contributed by atoms with Crippen LogP contribution in [0.25, 0.3) is 0 Å². The molecule has 21 heavy (non-hydrogen) atoms. The van der Waals surface area contributed by atoms with Gasteiger partial charge in [-0.25, -0.2) is 0 Å². The Balaban J connectivity index is 1.73. The molecule has 1 unspecified atom stereocenters. The Kier molecular flexibility index (Phi) is 4.77. The van der Waals surface area contributed by atoms with Crippen molar-refractivity contribution < 1.29 is 0 Å². The minimum absolute atomic E-state index is 0.216. The zero-order chi connectivity index (χ0) is 14.3. The van der Waals surface area contributed by atoms with Gasteiger partial charge in [-0.05, 0) is 52.1 Å². The molecule has 0 bridgehead atoms. The van der Waals surface area contributed by atoms with E-state index < -0.39 is 0 Å². The number of aromatic nitrogens is 1. The van der Waals surface area contributed by atoms with Gasteiger partial charge in [-0.15, -0.1) is 0 Å². The third-order valence-corrected chi connectivity index (χ3v) is 4.25. The summed E-state index contributed by atoms with van der Waals surface area (Å²) in [4.78, 5) is 4.12. The van der Waals surface area contributed by atoms with Crippen LogP contribution in [-0.4, -0.2) is 11.5 Å². The van der Waals surface area contributed by atoms with Crippen LogP contribution in [0.1, 0.15) is 22.7 Å². The molecular formula is C18H18N2S. The fourth-order valence-corrected chi connectivity index (χ4v) is 3.13. The van der Waals surface area contributed by atoms with Crippen LogP contribution >= 0.6 is 11.3 Å². The zero-order valence-corrected chi connectivity index (χ0v) is 12.6. The van der Waals surface area contributed by atoms with Gasteiger partial charge in [-0.1, -0.05) is 30.3 Å². The van der Waals surface area contributed by atoms with E-state index in [0.717, 1.165) is 13.0 Å². The lowest BCUT2D eigenvalue weighted by Crippen LogP contribution is -2.24. The van der Waals surface area contributed by atoms with Gasteiger partial charge in [0, 0.05) is 18.9 Å². The van der Waals surface area contributed by atoms with E-state index in [1.165, 1.54) is 16.7 Å². The normalized spacial score (nSPS) is 12.2. The fraction of sp³-hybridized carbons (Fsp3) is 0.167. The van der Waals surface area contributed by atoms with Crippen molar-refractivity contribution in [1.29, 1.82) is 0 Å². The van der Waals surface area contributed by atoms with Gasteiger partial charge in [0.1, 0.15) is 0 Å². The summed E-state index contributed by atoms with van der Waals surface area (Å²) in [5, 5.41) is 8.01. The van der Waals surface area contributed by atoms with E-state index in [0.29, 0.717) is 0 Å². The summed E-state index contributed by atoms with van der Waals surface area (Å²) < 4.78 is 0. The van der Waals surface area contributed by atoms with Gasteiger partial charge >= 0.3 is 0 Å². The quantitative estimate of drug-likeness (QED) is 0.741. The molecule has 1 aromatic carbocycles. The molecule has 3 rings (SSSR count). The highest BCUT2D eigenvalue weighted by atomic mass is 32.1. The summed E-state index contributed by atoms with van der Waals surface area (Å²) in [5.41, 5.74) is 3.93. The maximum atomic E-state index is 4.12. The highest BCUT2D eigenvalue weighted by Gasteiger charge is 2.12. The number of nitrogens with zero attached hydrogens (tertiary/aromatic N) is 1. The molecule has 0 aliphatic rings. The first-order chi connectivity index (χ1) is 10.4. The van der Waals surface area contributed by atoms with Gasteiger partial charge in [0.05, 0.1) is 6.04 Å². The Morgan fingerprint density at radius 3 is 2.43 bits per heavy atom. The van der Waals surface area contributed by atoms with Gasteiger partial charge in [-0.2, -0.15) is 11.3 Å². The molecule has 0 saturated carbocycles. The van der Waals surface area contributed by atoms with E-state index in [2.05, 4.69) is 69.6 Å². The standard InChI is InChI=1S/C18H18N2S/c1-2-4-16(5-3-1)18(17-7-10-19-11-8-17)20-12-6-15-9-13-21-14-15/h1-5,7-11,13-14,18,20H,6,12H2. The van der Waals surface area contributed by atoms with Gasteiger partial charge < -0.3 is 5.32 Å². The van der Waals surface area contributed by atoms with Crippen LogP contribution in [0.3, 0.4) is 0 Å². The van der Waals surface area contributed by atoms with E-state index in [-0.39, 0.29) is 6.04 Å². The maximum Gasteiger partial charge on any atom is 0.0577 e. The van der Waals surface area contributed by atoms with Crippen LogP contribution in [0, 0.1) is 0 Å². The summed E-state index contributed by atoms with van der Waals surface area (Å²) in [6.07, 6.45) is 4.76. The highest BCUT2D eigenvalue weighted by Crippen LogP contribution is 2.21. The summed E-state index contributed by atoms with van der Waals surface area (Å²) in [6.45, 7) is 0.957. The molecular weight excluding hydrogens is 276 g/mol. The Morgan fingerprint density at radius 2 is 1.71 bits per heavy atom. The zero-order valence-electron chi connectivity index (χ0n) is 11.8. The number of hydrogen-bond donors (Lipinski definition) is 1. The average molecular weight is 294 g/mol. The van der Waals surface area contributed by atoms with Crippen molar-refractivity contribution in [3.05, 3.63) is 88.4 Å². The van der Waals surface area contributed by atoms with Gasteiger partial charge in [0.2, 0.25) is 0 Å². The van der Waals surface area contributed by atoms with Crippen LogP contribution in [-0.2, 0) is 6.42 Å². The Hall–Kier alpha value is -1.97. The lowest BCUT2D eigenvalue weighted by molar-refractivity contribution is 0.605. The molecule has 2 aromatic heterocycles. The molecule has 0 amide bonds. The maximum absolute atomic E-state index is 4.12. The second-order valence-electron chi connectivity index (χ2n) is 4.96. The Bertz CT molecular complexity index is 596. The predicted octanol–water partition coefficient (Wildman–Crippen LogP) is 4.06. The Labute approximate surface area is 129 Å². The topological polar surface area (TPSA) is 24.9 Å². The van der Waals surface area contributed by atoms with Crippen molar-refractivity contribution in [2.45, 2.75) is 12.5 Å². The van der Waals surface area contributed by atoms with Crippen molar-refractivity contribution in [2.24, 2.45) is 0 Å². The fourth-order valence-electron chi connectivity index (χ4n) is 2.43.